The van der Waals surface area contributed by atoms with Crippen molar-refractivity contribution in [3.05, 3.63) is 70.7 Å². The van der Waals surface area contributed by atoms with Crippen molar-refractivity contribution in [2.45, 2.75) is 29.5 Å². The molecule has 0 fully saturated rings. The second-order valence-corrected chi connectivity index (χ2v) is 11.6. The average molecular weight is 605 g/mol. The number of Topliss-reactive ketones (excluding diaryl/α,β-unsaturated/α-hetero) is 1. The second-order valence-electron chi connectivity index (χ2n) is 9.38. The summed E-state index contributed by atoms with van der Waals surface area (Å²) in [4.78, 5) is 27.7. The first kappa shape index (κ1) is 29.0. The SMILES string of the molecule is COc1cc(NC(=O)CSc2nnc(N3C(N)=C(C#N)C(c4cccc(OC)c4)C4=C3CCCC4=O)s2)cc(OC)c1. The van der Waals surface area contributed by atoms with E-state index in [1.807, 2.05) is 24.3 Å². The molecule has 11 nitrogen and oxygen atoms in total. The molecule has 0 bridgehead atoms. The van der Waals surface area contributed by atoms with Crippen molar-refractivity contribution in [2.75, 3.05) is 37.3 Å². The van der Waals surface area contributed by atoms with Crippen LogP contribution in [0, 0.1) is 11.3 Å². The van der Waals surface area contributed by atoms with E-state index < -0.39 is 5.92 Å². The molecule has 1 aliphatic heterocycles. The molecule has 3 N–H and O–H groups in total. The summed E-state index contributed by atoms with van der Waals surface area (Å²) in [6.45, 7) is 0. The molecule has 1 aliphatic carbocycles. The predicted octanol–water partition coefficient (Wildman–Crippen LogP) is 4.60. The number of methoxy groups -OCH3 is 3. The number of hydrogen-bond donors (Lipinski definition) is 2. The Kier molecular flexibility index (Phi) is 8.65. The molecule has 2 aromatic carbocycles. The lowest BCUT2D eigenvalue weighted by Crippen LogP contribution is -2.38. The van der Waals surface area contributed by atoms with E-state index in [9.17, 15) is 14.9 Å². The fourth-order valence-electron chi connectivity index (χ4n) is 5.01. The summed E-state index contributed by atoms with van der Waals surface area (Å²) in [6.07, 6.45) is 1.64. The van der Waals surface area contributed by atoms with Gasteiger partial charge in [0.2, 0.25) is 11.0 Å². The van der Waals surface area contributed by atoms with E-state index in [1.54, 1.807) is 30.2 Å². The summed E-state index contributed by atoms with van der Waals surface area (Å²) >= 11 is 2.45. The second kappa shape index (κ2) is 12.5. The van der Waals surface area contributed by atoms with Gasteiger partial charge in [-0.3, -0.25) is 14.5 Å². The third-order valence-corrected chi connectivity index (χ3v) is 8.93. The number of nitrogens with two attached hydrogens (primary N) is 1. The van der Waals surface area contributed by atoms with Crippen molar-refractivity contribution in [3.63, 3.8) is 0 Å². The Morgan fingerprint density at radius 2 is 1.86 bits per heavy atom. The van der Waals surface area contributed by atoms with E-state index in [0.717, 1.165) is 5.56 Å². The molecule has 1 atom stereocenters. The van der Waals surface area contributed by atoms with E-state index in [4.69, 9.17) is 19.9 Å². The van der Waals surface area contributed by atoms with Crippen molar-refractivity contribution >= 4 is 45.6 Å². The normalized spacial score (nSPS) is 16.6. The van der Waals surface area contributed by atoms with Crippen molar-refractivity contribution in [1.82, 2.24) is 10.2 Å². The molecule has 2 aliphatic rings. The number of allylic oxidation sites excluding steroid dienone is 3. The minimum Gasteiger partial charge on any atom is -0.497 e. The highest BCUT2D eigenvalue weighted by molar-refractivity contribution is 8.01. The topological polar surface area (TPSA) is 153 Å². The molecule has 3 aromatic rings. The number of hydrogen-bond acceptors (Lipinski definition) is 12. The Morgan fingerprint density at radius 1 is 1.12 bits per heavy atom. The zero-order valence-electron chi connectivity index (χ0n) is 23.2. The molecular weight excluding hydrogens is 576 g/mol. The Morgan fingerprint density at radius 3 is 2.55 bits per heavy atom. The van der Waals surface area contributed by atoms with E-state index in [1.165, 1.54) is 37.3 Å². The van der Waals surface area contributed by atoms with Crippen molar-refractivity contribution in [1.29, 1.82) is 5.26 Å². The number of anilines is 2. The summed E-state index contributed by atoms with van der Waals surface area (Å²) in [7, 11) is 4.64. The molecule has 216 valence electrons. The Hall–Kier alpha value is -4.54. The summed E-state index contributed by atoms with van der Waals surface area (Å²) in [5.41, 5.74) is 9.44. The zero-order chi connectivity index (χ0) is 29.8. The van der Waals surface area contributed by atoms with Crippen molar-refractivity contribution in [2.24, 2.45) is 5.73 Å². The van der Waals surface area contributed by atoms with Crippen LogP contribution in [0.1, 0.15) is 30.7 Å². The molecule has 0 spiro atoms. The van der Waals surface area contributed by atoms with Crippen LogP contribution in [-0.4, -0.2) is 49.0 Å². The molecule has 5 rings (SSSR count). The molecule has 1 amide bonds. The number of ether oxygens (including phenoxy) is 3. The number of nitrogens with one attached hydrogen (secondary N) is 1. The number of nitriles is 1. The summed E-state index contributed by atoms with van der Waals surface area (Å²) in [5.74, 6) is 1.13. The van der Waals surface area contributed by atoms with Gasteiger partial charge in [-0.15, -0.1) is 10.2 Å². The van der Waals surface area contributed by atoms with Gasteiger partial charge < -0.3 is 25.3 Å². The lowest BCUT2D eigenvalue weighted by Gasteiger charge is -2.38. The fraction of sp³-hybridized carbons (Fsp3) is 0.276. The van der Waals surface area contributed by atoms with E-state index >= 15 is 0 Å². The Labute approximate surface area is 251 Å². The first-order valence-electron chi connectivity index (χ1n) is 13.0. The quantitative estimate of drug-likeness (QED) is 0.330. The number of nitrogens with zero attached hydrogens (tertiary/aromatic N) is 4. The highest BCUT2D eigenvalue weighted by Gasteiger charge is 2.41. The molecule has 0 saturated heterocycles. The first-order valence-corrected chi connectivity index (χ1v) is 14.8. The monoisotopic (exact) mass is 604 g/mol. The van der Waals surface area contributed by atoms with Crippen LogP contribution < -0.4 is 30.2 Å². The van der Waals surface area contributed by atoms with Crippen molar-refractivity contribution in [3.8, 4) is 23.3 Å². The van der Waals surface area contributed by atoms with Crippen LogP contribution >= 0.6 is 23.1 Å². The zero-order valence-corrected chi connectivity index (χ0v) is 24.8. The summed E-state index contributed by atoms with van der Waals surface area (Å²) < 4.78 is 16.4. The predicted molar refractivity (Wildman–Crippen MR) is 160 cm³/mol. The van der Waals surface area contributed by atoms with Crippen LogP contribution in [-0.2, 0) is 9.59 Å². The molecular formula is C29H28N6O5S2. The number of rotatable bonds is 9. The van der Waals surface area contributed by atoms with Crippen LogP contribution in [0.5, 0.6) is 17.2 Å². The molecule has 13 heteroatoms. The lowest BCUT2D eigenvalue weighted by molar-refractivity contribution is -0.116. The van der Waals surface area contributed by atoms with Gasteiger partial charge in [-0.2, -0.15) is 5.26 Å². The molecule has 42 heavy (non-hydrogen) atoms. The van der Waals surface area contributed by atoms with Gasteiger partial charge in [0.15, 0.2) is 10.1 Å². The smallest absolute Gasteiger partial charge is 0.234 e. The maximum Gasteiger partial charge on any atom is 0.234 e. The van der Waals surface area contributed by atoms with Gasteiger partial charge in [0.05, 0.1) is 44.6 Å². The van der Waals surface area contributed by atoms with Crippen LogP contribution in [0.15, 0.2) is 69.5 Å². The maximum absolute atomic E-state index is 13.3. The maximum atomic E-state index is 13.3. The van der Waals surface area contributed by atoms with Gasteiger partial charge in [-0.05, 0) is 30.5 Å². The van der Waals surface area contributed by atoms with Gasteiger partial charge >= 0.3 is 0 Å². The average Bonchev–Trinajstić information content (AvgIpc) is 3.47. The fourth-order valence-corrected chi connectivity index (χ4v) is 6.70. The third-order valence-electron chi connectivity index (χ3n) is 6.89. The van der Waals surface area contributed by atoms with Crippen LogP contribution in [0.2, 0.25) is 0 Å². The first-order chi connectivity index (χ1) is 20.4. The van der Waals surface area contributed by atoms with Crippen LogP contribution in [0.4, 0.5) is 10.8 Å². The van der Waals surface area contributed by atoms with Crippen LogP contribution in [0.25, 0.3) is 0 Å². The Balaban J connectivity index is 1.39. The number of carbonyl (C=O) groups is 2. The van der Waals surface area contributed by atoms with Gasteiger partial charge in [-0.25, -0.2) is 0 Å². The number of benzene rings is 2. The number of ketones is 1. The molecule has 1 unspecified atom stereocenters. The number of amides is 1. The molecule has 0 radical (unpaired) electrons. The lowest BCUT2D eigenvalue weighted by atomic mass is 9.76. The minimum atomic E-state index is -0.607. The van der Waals surface area contributed by atoms with E-state index in [0.29, 0.717) is 62.9 Å². The molecule has 0 saturated carbocycles. The molecule has 2 heterocycles. The van der Waals surface area contributed by atoms with Crippen LogP contribution in [0.3, 0.4) is 0 Å². The number of carbonyl (C=O) groups excluding carboxylic acids is 2. The third kappa shape index (κ3) is 5.77. The summed E-state index contributed by atoms with van der Waals surface area (Å²) in [6, 6.07) is 14.7. The highest BCUT2D eigenvalue weighted by atomic mass is 32.2. The van der Waals surface area contributed by atoms with E-state index in [-0.39, 0.29) is 28.8 Å². The summed E-state index contributed by atoms with van der Waals surface area (Å²) in [5, 5.41) is 22.1. The van der Waals surface area contributed by atoms with E-state index in [2.05, 4.69) is 21.6 Å². The highest BCUT2D eigenvalue weighted by Crippen LogP contribution is 2.47. The largest absolute Gasteiger partial charge is 0.497 e. The van der Waals surface area contributed by atoms with Gasteiger partial charge in [0.25, 0.3) is 0 Å². The number of aromatic nitrogens is 2. The van der Waals surface area contributed by atoms with Gasteiger partial charge in [0, 0.05) is 41.6 Å². The Bertz CT molecular complexity index is 1620. The minimum absolute atomic E-state index is 0.0284. The standard InChI is InChI=1S/C29H28N6O5S2/c1-38-18-7-4-6-16(10-18)25-21(14-30)27(31)35(22-8-5-9-23(36)26(22)25)28-33-34-29(42-28)41-15-24(37)32-17-11-19(39-2)13-20(12-17)40-3/h4,6-7,10-13,25H,5,8-9,15,31H2,1-3H3,(H,32,37). The number of thioether (sulfide) groups is 1. The van der Waals surface area contributed by atoms with Gasteiger partial charge in [-0.1, -0.05) is 35.2 Å². The van der Waals surface area contributed by atoms with Gasteiger partial charge in [0.1, 0.15) is 23.1 Å². The molecule has 1 aromatic heterocycles. The van der Waals surface area contributed by atoms with Crippen molar-refractivity contribution < 1.29 is 23.8 Å².